The maximum absolute atomic E-state index is 12.3. The Morgan fingerprint density at radius 2 is 1.76 bits per heavy atom. The summed E-state index contributed by atoms with van der Waals surface area (Å²) in [5, 5.41) is 37.1. The summed E-state index contributed by atoms with van der Waals surface area (Å²) < 4.78 is 0. The number of nitrogens with zero attached hydrogens (tertiary/aromatic N) is 1. The molecular weight excluding hydrogens is 492 g/mol. The van der Waals surface area contributed by atoms with E-state index in [4.69, 9.17) is 21.1 Å². The molecule has 1 aromatic heterocycles. The molecule has 16 heteroatoms. The van der Waals surface area contributed by atoms with E-state index < -0.39 is 29.9 Å². The summed E-state index contributed by atoms with van der Waals surface area (Å²) in [6, 6.07) is 4.93. The van der Waals surface area contributed by atoms with Gasteiger partial charge in [0, 0.05) is 30.8 Å². The minimum Gasteiger partial charge on any atom is -0.481 e. The Bertz CT molecular complexity index is 1180. The van der Waals surface area contributed by atoms with Gasteiger partial charge in [0.15, 0.2) is 5.82 Å². The van der Waals surface area contributed by atoms with Crippen molar-refractivity contribution in [3.63, 3.8) is 0 Å². The minimum absolute atomic E-state index is 0.0281. The number of carboxylic acid groups (broad SMARTS) is 3. The first-order chi connectivity index (χ1) is 17.5. The lowest BCUT2D eigenvalue weighted by Gasteiger charge is -2.27. The highest BCUT2D eigenvalue weighted by Crippen LogP contribution is 2.20. The molecule has 0 radical (unpaired) electrons. The van der Waals surface area contributed by atoms with Crippen LogP contribution in [0.3, 0.4) is 0 Å². The topological polar surface area (TPSA) is 275 Å². The quantitative estimate of drug-likeness (QED) is 0.175. The number of hydrogen-bond acceptors (Lipinski definition) is 11. The van der Waals surface area contributed by atoms with Crippen molar-refractivity contribution < 1.29 is 34.5 Å². The lowest BCUT2D eigenvalue weighted by molar-refractivity contribution is -0.140. The first-order valence-electron chi connectivity index (χ1n) is 10.9. The molecule has 0 saturated carbocycles. The Kier molecular flexibility index (Phi) is 10.2. The summed E-state index contributed by atoms with van der Waals surface area (Å²) in [5.74, 6) is -3.61. The molecule has 12 N–H and O–H groups in total. The van der Waals surface area contributed by atoms with Gasteiger partial charge in [-0.1, -0.05) is 0 Å². The number of nitrogen functional groups attached to an aromatic ring is 1. The van der Waals surface area contributed by atoms with Crippen LogP contribution in [0.1, 0.15) is 23.2 Å². The maximum atomic E-state index is 12.3. The summed E-state index contributed by atoms with van der Waals surface area (Å²) in [7, 11) is 0. The highest BCUT2D eigenvalue weighted by Gasteiger charge is 2.23. The molecule has 2 aromatic rings. The van der Waals surface area contributed by atoms with Gasteiger partial charge < -0.3 is 48.1 Å². The van der Waals surface area contributed by atoms with Crippen LogP contribution in [0.4, 0.5) is 23.1 Å². The standard InChI is InChI=1S/C19H23N7O6.C2H5NO2/c20-19-25-15-14(17(30)26-19)23-11(8-22-15)7-21-10-3-1-9(2-4-10)16(29)24-12(18(31)32)5-6-13(27)28;3-1-2(4)5/h1-4,11-12,21,23H,5-8H2,(H,24,29)(H,27,28)(H,31,32)(H4,20,22,25,26,30);1,3H2,(H,4,5). The van der Waals surface area contributed by atoms with Crippen LogP contribution < -0.4 is 38.3 Å². The van der Waals surface area contributed by atoms with Gasteiger partial charge >= 0.3 is 17.9 Å². The number of nitrogens with one attached hydrogen (secondary N) is 5. The zero-order chi connectivity index (χ0) is 27.5. The van der Waals surface area contributed by atoms with Crippen molar-refractivity contribution in [3.05, 3.63) is 40.2 Å². The molecule has 0 spiro atoms. The number of H-pyrrole nitrogens is 1. The van der Waals surface area contributed by atoms with E-state index >= 15 is 0 Å². The Morgan fingerprint density at radius 3 is 2.32 bits per heavy atom. The third-order valence-electron chi connectivity index (χ3n) is 4.93. The Labute approximate surface area is 209 Å². The van der Waals surface area contributed by atoms with Crippen LogP contribution in [-0.4, -0.2) is 80.8 Å². The number of rotatable bonds is 10. The molecule has 0 saturated heterocycles. The molecule has 0 fully saturated rings. The number of nitrogens with two attached hydrogens (primary N) is 2. The Balaban J connectivity index is 0.000000877. The number of hydrogen-bond donors (Lipinski definition) is 10. The molecule has 2 heterocycles. The highest BCUT2D eigenvalue weighted by molar-refractivity contribution is 5.97. The fraction of sp³-hybridized carbons (Fsp3) is 0.333. The molecule has 200 valence electrons. The van der Waals surface area contributed by atoms with E-state index in [1.165, 1.54) is 12.1 Å². The van der Waals surface area contributed by atoms with E-state index in [1.807, 2.05) is 0 Å². The minimum atomic E-state index is -1.30. The molecule has 37 heavy (non-hydrogen) atoms. The van der Waals surface area contributed by atoms with Gasteiger partial charge in [0.1, 0.15) is 11.7 Å². The third-order valence-corrected chi connectivity index (χ3v) is 4.93. The van der Waals surface area contributed by atoms with Crippen LogP contribution >= 0.6 is 0 Å². The zero-order valence-electron chi connectivity index (χ0n) is 19.5. The number of carbonyl (C=O) groups is 4. The van der Waals surface area contributed by atoms with Crippen molar-refractivity contribution in [2.75, 3.05) is 41.3 Å². The Hall–Kier alpha value is -4.86. The lowest BCUT2D eigenvalue weighted by atomic mass is 10.1. The molecule has 1 aliphatic heterocycles. The smallest absolute Gasteiger partial charge is 0.326 e. The first kappa shape index (κ1) is 28.4. The van der Waals surface area contributed by atoms with Gasteiger partial charge in [-0.05, 0) is 30.7 Å². The van der Waals surface area contributed by atoms with Crippen LogP contribution in [0.25, 0.3) is 0 Å². The van der Waals surface area contributed by atoms with Crippen LogP contribution in [-0.2, 0) is 14.4 Å². The maximum Gasteiger partial charge on any atom is 0.326 e. The third kappa shape index (κ3) is 9.02. The van der Waals surface area contributed by atoms with Crippen LogP contribution in [0.5, 0.6) is 0 Å². The predicted molar refractivity (Wildman–Crippen MR) is 133 cm³/mol. The van der Waals surface area contributed by atoms with Gasteiger partial charge in [0.05, 0.1) is 12.6 Å². The SMILES string of the molecule is NCC(=O)O.Nc1nc2c(c(=O)[nH]1)NC(CNc1ccc(C(=O)NC(CCC(=O)O)C(=O)O)cc1)CN2. The van der Waals surface area contributed by atoms with Gasteiger partial charge in [-0.15, -0.1) is 0 Å². The molecule has 1 amide bonds. The normalized spacial score (nSPS) is 14.4. The van der Waals surface area contributed by atoms with Crippen LogP contribution in [0, 0.1) is 0 Å². The average Bonchev–Trinajstić information content (AvgIpc) is 2.85. The van der Waals surface area contributed by atoms with Crippen molar-refractivity contribution in [1.29, 1.82) is 0 Å². The summed E-state index contributed by atoms with van der Waals surface area (Å²) in [6.45, 7) is 0.682. The summed E-state index contributed by atoms with van der Waals surface area (Å²) >= 11 is 0. The van der Waals surface area contributed by atoms with Crippen molar-refractivity contribution in [3.8, 4) is 0 Å². The van der Waals surface area contributed by atoms with Crippen LogP contribution in [0.15, 0.2) is 29.1 Å². The molecule has 1 aliphatic rings. The molecule has 0 bridgehead atoms. The molecular formula is C21H28N8O8. The van der Waals surface area contributed by atoms with Gasteiger partial charge in [-0.25, -0.2) is 4.79 Å². The summed E-state index contributed by atoms with van der Waals surface area (Å²) in [5.41, 5.74) is 11.0. The molecule has 0 aliphatic carbocycles. The number of anilines is 4. The number of fused-ring (bicyclic) bond motifs is 1. The monoisotopic (exact) mass is 520 g/mol. The molecule has 2 atom stereocenters. The van der Waals surface area contributed by atoms with Gasteiger partial charge in [-0.2, -0.15) is 4.98 Å². The number of benzene rings is 1. The predicted octanol–water partition coefficient (Wildman–Crippen LogP) is -1.25. The first-order valence-corrected chi connectivity index (χ1v) is 10.9. The largest absolute Gasteiger partial charge is 0.481 e. The summed E-state index contributed by atoms with van der Waals surface area (Å²) in [4.78, 5) is 61.8. The van der Waals surface area contributed by atoms with Crippen molar-refractivity contribution in [2.24, 2.45) is 5.73 Å². The number of aromatic nitrogens is 2. The molecule has 2 unspecified atom stereocenters. The number of carboxylic acids is 3. The highest BCUT2D eigenvalue weighted by atomic mass is 16.4. The Morgan fingerprint density at radius 1 is 1.11 bits per heavy atom. The van der Waals surface area contributed by atoms with Gasteiger partial charge in [0.25, 0.3) is 11.5 Å². The molecule has 16 nitrogen and oxygen atoms in total. The van der Waals surface area contributed by atoms with E-state index in [-0.39, 0.29) is 42.5 Å². The summed E-state index contributed by atoms with van der Waals surface area (Å²) in [6.07, 6.45) is -0.587. The van der Waals surface area contributed by atoms with Crippen molar-refractivity contribution in [2.45, 2.75) is 24.9 Å². The average molecular weight is 521 g/mol. The second kappa shape index (κ2) is 13.3. The van der Waals surface area contributed by atoms with Crippen LogP contribution in [0.2, 0.25) is 0 Å². The lowest BCUT2D eigenvalue weighted by Crippen LogP contribution is -2.41. The number of amides is 1. The number of aromatic amines is 1. The number of carbonyl (C=O) groups excluding carboxylic acids is 1. The fourth-order valence-electron chi connectivity index (χ4n) is 3.10. The second-order valence-corrected chi connectivity index (χ2v) is 7.75. The van der Waals surface area contributed by atoms with E-state index in [0.29, 0.717) is 30.3 Å². The zero-order valence-corrected chi connectivity index (χ0v) is 19.5. The van der Waals surface area contributed by atoms with E-state index in [2.05, 4.69) is 37.0 Å². The van der Waals surface area contributed by atoms with E-state index in [1.54, 1.807) is 12.1 Å². The van der Waals surface area contributed by atoms with Gasteiger partial charge in [-0.3, -0.25) is 24.2 Å². The second-order valence-electron chi connectivity index (χ2n) is 7.75. The van der Waals surface area contributed by atoms with Gasteiger partial charge in [0.2, 0.25) is 5.95 Å². The van der Waals surface area contributed by atoms with E-state index in [9.17, 15) is 24.0 Å². The molecule has 3 rings (SSSR count). The van der Waals surface area contributed by atoms with Crippen molar-refractivity contribution in [1.82, 2.24) is 15.3 Å². The molecule has 1 aromatic carbocycles. The van der Waals surface area contributed by atoms with Crippen molar-refractivity contribution >= 4 is 47.0 Å². The number of aliphatic carboxylic acids is 3. The fourth-order valence-corrected chi connectivity index (χ4v) is 3.10. The van der Waals surface area contributed by atoms with E-state index in [0.717, 1.165) is 0 Å².